The molecule has 1 aromatic heterocycles. The van der Waals surface area contributed by atoms with Crippen LogP contribution in [0.4, 0.5) is 0 Å². The summed E-state index contributed by atoms with van der Waals surface area (Å²) in [5, 5.41) is 10.2. The molecule has 1 aliphatic rings. The standard InChI is InChI=1S/C22H24N2O4S/c1-15-9-10-16(14-20(15)29(25,26)13-11-17-6-5-12-28-17)21-18-7-3-4-8-19(18)22(27-2)24-23-21/h3-4,7-10,14,17H,5-6,11-13H2,1-2H3. The number of hydrogen-bond donors (Lipinski definition) is 0. The highest BCUT2D eigenvalue weighted by Crippen LogP contribution is 2.32. The van der Waals surface area contributed by atoms with E-state index in [-0.39, 0.29) is 11.9 Å². The fourth-order valence-electron chi connectivity index (χ4n) is 3.79. The highest BCUT2D eigenvalue weighted by Gasteiger charge is 2.23. The third kappa shape index (κ3) is 3.97. The summed E-state index contributed by atoms with van der Waals surface area (Å²) in [6.07, 6.45) is 2.51. The number of methoxy groups -OCH3 is 1. The SMILES string of the molecule is COc1nnc(-c2ccc(C)c(S(=O)(=O)CCC3CCCO3)c2)c2ccccc12. The highest BCUT2D eigenvalue weighted by atomic mass is 32.2. The summed E-state index contributed by atoms with van der Waals surface area (Å²) in [4.78, 5) is 0.342. The Kier molecular flexibility index (Phi) is 5.52. The molecule has 152 valence electrons. The van der Waals surface area contributed by atoms with Crippen molar-refractivity contribution in [1.82, 2.24) is 10.2 Å². The molecule has 0 saturated carbocycles. The molecule has 1 saturated heterocycles. The van der Waals surface area contributed by atoms with Gasteiger partial charge >= 0.3 is 0 Å². The summed E-state index contributed by atoms with van der Waals surface area (Å²) in [5.41, 5.74) is 2.08. The van der Waals surface area contributed by atoms with E-state index in [2.05, 4.69) is 10.2 Å². The molecule has 0 aliphatic carbocycles. The van der Waals surface area contributed by atoms with Gasteiger partial charge in [0.05, 0.1) is 23.9 Å². The van der Waals surface area contributed by atoms with Gasteiger partial charge in [0.25, 0.3) is 0 Å². The molecule has 7 heteroatoms. The van der Waals surface area contributed by atoms with E-state index in [1.165, 1.54) is 0 Å². The van der Waals surface area contributed by atoms with E-state index in [1.807, 2.05) is 43.3 Å². The molecule has 4 rings (SSSR count). The number of ether oxygens (including phenoxy) is 2. The maximum Gasteiger partial charge on any atom is 0.241 e. The Labute approximate surface area is 170 Å². The lowest BCUT2D eigenvalue weighted by molar-refractivity contribution is 0.109. The van der Waals surface area contributed by atoms with E-state index >= 15 is 0 Å². The van der Waals surface area contributed by atoms with E-state index in [1.54, 1.807) is 13.2 Å². The molecule has 2 aromatic carbocycles. The summed E-state index contributed by atoms with van der Waals surface area (Å²) in [6, 6.07) is 13.1. The summed E-state index contributed by atoms with van der Waals surface area (Å²) in [5.74, 6) is 0.526. The van der Waals surface area contributed by atoms with Gasteiger partial charge in [-0.05, 0) is 43.9 Å². The second-order valence-electron chi connectivity index (χ2n) is 7.33. The number of aryl methyl sites for hydroxylation is 1. The molecule has 6 nitrogen and oxygen atoms in total. The summed E-state index contributed by atoms with van der Waals surface area (Å²) in [7, 11) is -1.87. The molecule has 0 bridgehead atoms. The third-order valence-corrected chi connectivity index (χ3v) is 7.26. The van der Waals surface area contributed by atoms with Gasteiger partial charge in [-0.3, -0.25) is 0 Å². The van der Waals surface area contributed by atoms with Crippen LogP contribution in [0.2, 0.25) is 0 Å². The predicted octanol–water partition coefficient (Wildman–Crippen LogP) is 3.96. The van der Waals surface area contributed by atoms with Crippen molar-refractivity contribution < 1.29 is 17.9 Å². The molecule has 1 atom stereocenters. The van der Waals surface area contributed by atoms with Crippen molar-refractivity contribution in [1.29, 1.82) is 0 Å². The minimum atomic E-state index is -3.43. The molecular weight excluding hydrogens is 388 g/mol. The fourth-order valence-corrected chi connectivity index (χ4v) is 5.45. The number of hydrogen-bond acceptors (Lipinski definition) is 6. The van der Waals surface area contributed by atoms with Crippen LogP contribution in [0.5, 0.6) is 5.88 Å². The molecule has 0 N–H and O–H groups in total. The largest absolute Gasteiger partial charge is 0.479 e. The zero-order valence-electron chi connectivity index (χ0n) is 16.6. The van der Waals surface area contributed by atoms with Gasteiger partial charge in [0, 0.05) is 22.9 Å². The van der Waals surface area contributed by atoms with Crippen LogP contribution < -0.4 is 4.74 Å². The first-order valence-corrected chi connectivity index (χ1v) is 11.4. The van der Waals surface area contributed by atoms with E-state index in [0.717, 1.165) is 41.3 Å². The van der Waals surface area contributed by atoms with Gasteiger partial charge in [-0.15, -0.1) is 10.2 Å². The maximum absolute atomic E-state index is 13.0. The Morgan fingerprint density at radius 2 is 1.93 bits per heavy atom. The van der Waals surface area contributed by atoms with E-state index < -0.39 is 9.84 Å². The lowest BCUT2D eigenvalue weighted by atomic mass is 10.0. The second-order valence-corrected chi connectivity index (χ2v) is 9.40. The minimum absolute atomic E-state index is 0.0460. The minimum Gasteiger partial charge on any atom is -0.479 e. The predicted molar refractivity (Wildman–Crippen MR) is 112 cm³/mol. The molecular formula is C22H24N2O4S. The molecule has 0 radical (unpaired) electrons. The quantitative estimate of drug-likeness (QED) is 0.610. The first-order chi connectivity index (χ1) is 14.0. The molecule has 1 fully saturated rings. The van der Waals surface area contributed by atoms with Gasteiger partial charge in [-0.25, -0.2) is 8.42 Å². The van der Waals surface area contributed by atoms with Gasteiger partial charge < -0.3 is 9.47 Å². The van der Waals surface area contributed by atoms with Crippen LogP contribution in [0.25, 0.3) is 22.0 Å². The first kappa shape index (κ1) is 19.8. The topological polar surface area (TPSA) is 78.4 Å². The van der Waals surface area contributed by atoms with Crippen LogP contribution in [0.15, 0.2) is 47.4 Å². The van der Waals surface area contributed by atoms with E-state index in [9.17, 15) is 8.42 Å². The van der Waals surface area contributed by atoms with Crippen molar-refractivity contribution >= 4 is 20.6 Å². The summed E-state index contributed by atoms with van der Waals surface area (Å²) >= 11 is 0. The zero-order chi connectivity index (χ0) is 20.4. The second kappa shape index (κ2) is 8.08. The van der Waals surface area contributed by atoms with Gasteiger partial charge in [0.2, 0.25) is 5.88 Å². The van der Waals surface area contributed by atoms with Crippen molar-refractivity contribution in [2.24, 2.45) is 0 Å². The molecule has 1 aliphatic heterocycles. The van der Waals surface area contributed by atoms with Crippen molar-refractivity contribution in [2.75, 3.05) is 19.5 Å². The molecule has 2 heterocycles. The van der Waals surface area contributed by atoms with Crippen LogP contribution in [0.1, 0.15) is 24.8 Å². The number of nitrogens with zero attached hydrogens (tertiary/aromatic N) is 2. The smallest absolute Gasteiger partial charge is 0.241 e. The number of fused-ring (bicyclic) bond motifs is 1. The van der Waals surface area contributed by atoms with Gasteiger partial charge in [0.15, 0.2) is 9.84 Å². The molecule has 29 heavy (non-hydrogen) atoms. The molecule has 0 spiro atoms. The number of rotatable bonds is 6. The van der Waals surface area contributed by atoms with E-state index in [4.69, 9.17) is 9.47 Å². The monoisotopic (exact) mass is 412 g/mol. The zero-order valence-corrected chi connectivity index (χ0v) is 17.4. The van der Waals surface area contributed by atoms with Gasteiger partial charge in [-0.1, -0.05) is 30.3 Å². The molecule has 3 aromatic rings. The van der Waals surface area contributed by atoms with E-state index in [0.29, 0.717) is 22.9 Å². The Morgan fingerprint density at radius 3 is 2.66 bits per heavy atom. The average molecular weight is 413 g/mol. The van der Waals surface area contributed by atoms with Crippen molar-refractivity contribution in [3.05, 3.63) is 48.0 Å². The summed E-state index contributed by atoms with van der Waals surface area (Å²) < 4.78 is 37.0. The maximum atomic E-state index is 13.0. The Hall–Kier alpha value is -2.51. The Balaban J connectivity index is 1.73. The van der Waals surface area contributed by atoms with Crippen LogP contribution in [0.3, 0.4) is 0 Å². The Morgan fingerprint density at radius 1 is 1.14 bits per heavy atom. The fraction of sp³-hybridized carbons (Fsp3) is 0.364. The Bertz CT molecular complexity index is 1140. The van der Waals surface area contributed by atoms with Crippen molar-refractivity contribution in [3.8, 4) is 17.1 Å². The van der Waals surface area contributed by atoms with Crippen LogP contribution in [-0.2, 0) is 14.6 Å². The number of sulfone groups is 1. The normalized spacial score (nSPS) is 17.0. The lowest BCUT2D eigenvalue weighted by Crippen LogP contribution is -2.15. The van der Waals surface area contributed by atoms with Crippen LogP contribution in [0, 0.1) is 6.92 Å². The van der Waals surface area contributed by atoms with Crippen LogP contribution >= 0.6 is 0 Å². The molecule has 1 unspecified atom stereocenters. The summed E-state index contributed by atoms with van der Waals surface area (Å²) in [6.45, 7) is 2.54. The van der Waals surface area contributed by atoms with Crippen molar-refractivity contribution in [2.45, 2.75) is 37.2 Å². The van der Waals surface area contributed by atoms with Crippen LogP contribution in [-0.4, -0.2) is 44.2 Å². The average Bonchev–Trinajstić information content (AvgIpc) is 3.26. The highest BCUT2D eigenvalue weighted by molar-refractivity contribution is 7.91. The lowest BCUT2D eigenvalue weighted by Gasteiger charge is -2.13. The van der Waals surface area contributed by atoms with Gasteiger partial charge in [-0.2, -0.15) is 0 Å². The number of benzene rings is 2. The van der Waals surface area contributed by atoms with Gasteiger partial charge in [0.1, 0.15) is 5.69 Å². The molecule has 0 amide bonds. The van der Waals surface area contributed by atoms with Crippen molar-refractivity contribution in [3.63, 3.8) is 0 Å². The first-order valence-electron chi connectivity index (χ1n) is 9.74. The third-order valence-electron chi connectivity index (χ3n) is 5.38. The number of aromatic nitrogens is 2.